The van der Waals surface area contributed by atoms with E-state index in [1.807, 2.05) is 13.8 Å². The van der Waals surface area contributed by atoms with E-state index in [0.717, 1.165) is 17.1 Å². The van der Waals surface area contributed by atoms with E-state index in [1.54, 1.807) is 6.07 Å². The second-order valence-corrected chi connectivity index (χ2v) is 10.2. The van der Waals surface area contributed by atoms with Crippen molar-refractivity contribution in [3.8, 4) is 11.4 Å². The molecule has 10 heteroatoms. The lowest BCUT2D eigenvalue weighted by Gasteiger charge is -2.35. The molecule has 31 heavy (non-hydrogen) atoms. The van der Waals surface area contributed by atoms with Crippen LogP contribution in [0.25, 0.3) is 11.4 Å². The van der Waals surface area contributed by atoms with E-state index < -0.39 is 27.4 Å². The second kappa shape index (κ2) is 8.16. The fourth-order valence-corrected chi connectivity index (χ4v) is 5.14. The summed E-state index contributed by atoms with van der Waals surface area (Å²) in [6.45, 7) is 7.71. The van der Waals surface area contributed by atoms with Crippen molar-refractivity contribution < 1.29 is 18.1 Å². The number of nitrogens with one attached hydrogen (secondary N) is 2. The Morgan fingerprint density at radius 3 is 2.81 bits per heavy atom. The van der Waals surface area contributed by atoms with E-state index in [0.29, 0.717) is 36.9 Å². The van der Waals surface area contributed by atoms with Crippen LogP contribution in [0.15, 0.2) is 18.2 Å². The minimum Gasteiger partial charge on any atom is -0.377 e. The van der Waals surface area contributed by atoms with E-state index in [4.69, 9.17) is 14.7 Å². The summed E-state index contributed by atoms with van der Waals surface area (Å²) in [5.74, 6) is 0.910. The fraction of sp³-hybridized carbons (Fsp3) is 0.476. The van der Waals surface area contributed by atoms with Crippen molar-refractivity contribution in [3.05, 3.63) is 35.3 Å². The average Bonchev–Trinajstić information content (AvgIpc) is 2.98. The predicted molar refractivity (Wildman–Crippen MR) is 118 cm³/mol. The molecule has 2 N–H and O–H groups in total. The molecule has 3 heterocycles. The van der Waals surface area contributed by atoms with E-state index in [2.05, 4.69) is 22.5 Å². The maximum absolute atomic E-state index is 14.7. The van der Waals surface area contributed by atoms with Crippen LogP contribution in [0, 0.1) is 5.82 Å². The largest absolute Gasteiger partial charge is 0.377 e. The lowest BCUT2D eigenvalue weighted by Crippen LogP contribution is -2.44. The molecule has 0 bridgehead atoms. The Labute approximate surface area is 183 Å². The van der Waals surface area contributed by atoms with Gasteiger partial charge in [0.25, 0.3) is 0 Å². The zero-order chi connectivity index (χ0) is 22.3. The van der Waals surface area contributed by atoms with Crippen LogP contribution in [-0.4, -0.2) is 53.1 Å². The van der Waals surface area contributed by atoms with Crippen molar-refractivity contribution >= 4 is 28.3 Å². The molecule has 0 saturated carbocycles. The van der Waals surface area contributed by atoms with Crippen LogP contribution < -0.4 is 15.5 Å². The van der Waals surface area contributed by atoms with Gasteiger partial charge in [-0.05, 0) is 39.0 Å². The van der Waals surface area contributed by atoms with Gasteiger partial charge in [0.1, 0.15) is 11.6 Å². The number of ether oxygens (including phenoxy) is 1. The lowest BCUT2D eigenvalue weighted by molar-refractivity contribution is 0.0984. The van der Waals surface area contributed by atoms with E-state index in [1.165, 1.54) is 19.2 Å². The summed E-state index contributed by atoms with van der Waals surface area (Å²) >= 11 is 0. The van der Waals surface area contributed by atoms with Crippen LogP contribution in [0.4, 0.5) is 20.7 Å². The Kier molecular flexibility index (Phi) is 5.69. The van der Waals surface area contributed by atoms with Crippen LogP contribution in [0.5, 0.6) is 0 Å². The summed E-state index contributed by atoms with van der Waals surface area (Å²) < 4.78 is 32.4. The molecule has 2 aliphatic rings. The van der Waals surface area contributed by atoms with Crippen molar-refractivity contribution in [2.75, 3.05) is 37.0 Å². The zero-order valence-electron chi connectivity index (χ0n) is 18.0. The quantitative estimate of drug-likeness (QED) is 0.751. The highest BCUT2D eigenvalue weighted by Gasteiger charge is 2.42. The number of urea groups is 1. The van der Waals surface area contributed by atoms with Gasteiger partial charge in [-0.15, -0.1) is 0 Å². The van der Waals surface area contributed by atoms with Gasteiger partial charge >= 0.3 is 6.03 Å². The van der Waals surface area contributed by atoms with Gasteiger partial charge in [-0.3, -0.25) is 4.21 Å². The Bertz CT molecular complexity index is 1060. The lowest BCUT2D eigenvalue weighted by atomic mass is 10.0. The van der Waals surface area contributed by atoms with Gasteiger partial charge in [0.15, 0.2) is 5.82 Å². The molecule has 1 aromatic carbocycles. The molecule has 166 valence electrons. The topological polar surface area (TPSA) is 96.5 Å². The smallest absolute Gasteiger partial charge is 0.319 e. The average molecular weight is 448 g/mol. The number of fused-ring (bicyclic) bond motifs is 1. The van der Waals surface area contributed by atoms with Gasteiger partial charge in [-0.2, -0.15) is 0 Å². The first-order valence-corrected chi connectivity index (χ1v) is 11.5. The Balaban J connectivity index is 1.81. The number of hydrogen-bond donors (Lipinski definition) is 2. The predicted octanol–water partition coefficient (Wildman–Crippen LogP) is 2.76. The van der Waals surface area contributed by atoms with Crippen LogP contribution in [-0.2, 0) is 26.0 Å². The minimum absolute atomic E-state index is 0.0627. The summed E-state index contributed by atoms with van der Waals surface area (Å²) in [7, 11) is 0.333. The van der Waals surface area contributed by atoms with E-state index in [-0.39, 0.29) is 11.7 Å². The first-order chi connectivity index (χ1) is 14.7. The van der Waals surface area contributed by atoms with Crippen LogP contribution in [0.3, 0.4) is 0 Å². The zero-order valence-corrected chi connectivity index (χ0v) is 18.8. The summed E-state index contributed by atoms with van der Waals surface area (Å²) in [6.07, 6.45) is 0. The molecule has 2 atom stereocenters. The molecule has 0 spiro atoms. The van der Waals surface area contributed by atoms with Crippen LogP contribution in [0.1, 0.15) is 32.0 Å². The minimum atomic E-state index is -1.13. The molecule has 1 fully saturated rings. The number of carbonyl (C=O) groups excluding carboxylic acids is 1. The normalized spacial score (nSPS) is 22.2. The first-order valence-electron chi connectivity index (χ1n) is 10.1. The number of aromatic nitrogens is 2. The number of anilines is 2. The number of carbonyl (C=O) groups is 1. The maximum Gasteiger partial charge on any atom is 0.319 e. The molecule has 4 rings (SSSR count). The highest BCUT2D eigenvalue weighted by atomic mass is 32.2. The Morgan fingerprint density at radius 1 is 1.35 bits per heavy atom. The fourth-order valence-electron chi connectivity index (χ4n) is 3.87. The first kappa shape index (κ1) is 21.6. The number of amides is 2. The number of rotatable bonds is 3. The third-order valence-corrected chi connectivity index (χ3v) is 7.62. The monoisotopic (exact) mass is 447 g/mol. The standard InChI is InChI=1S/C21H26FN5O3S/c1-12-10-30-8-7-27(12)19-14-11-31(29)21(2,3)17(14)25-18(26-19)13-5-6-16(15(22)9-13)24-20(28)23-4/h5-6,9,12H,7-8,10-11H2,1-4H3,(H2,23,24,28). The second-order valence-electron chi connectivity index (χ2n) is 8.21. The summed E-state index contributed by atoms with van der Waals surface area (Å²) in [4.78, 5) is 23.2. The van der Waals surface area contributed by atoms with Crippen LogP contribution in [0.2, 0.25) is 0 Å². The Morgan fingerprint density at radius 2 is 2.13 bits per heavy atom. The maximum atomic E-state index is 14.7. The molecule has 2 amide bonds. The number of benzene rings is 1. The van der Waals surface area contributed by atoms with Crippen molar-refractivity contribution in [1.82, 2.24) is 15.3 Å². The number of halogens is 1. The summed E-state index contributed by atoms with van der Waals surface area (Å²) in [5, 5.41) is 4.83. The van der Waals surface area contributed by atoms with E-state index >= 15 is 0 Å². The molecule has 2 aromatic rings. The number of hydrogen-bond acceptors (Lipinski definition) is 6. The summed E-state index contributed by atoms with van der Waals surface area (Å²) in [5.41, 5.74) is 2.17. The SMILES string of the molecule is CNC(=O)Nc1ccc(-c2nc(N3CCOCC3C)c3c(n2)C(C)(C)S(=O)C3)cc1F. The van der Waals surface area contributed by atoms with Gasteiger partial charge in [0.2, 0.25) is 0 Å². The molecule has 1 aromatic heterocycles. The Hall–Kier alpha value is -2.59. The van der Waals surface area contributed by atoms with Gasteiger partial charge in [-0.1, -0.05) is 0 Å². The van der Waals surface area contributed by atoms with Gasteiger partial charge < -0.3 is 20.3 Å². The molecule has 2 aliphatic heterocycles. The van der Waals surface area contributed by atoms with Crippen molar-refractivity contribution in [2.45, 2.75) is 37.3 Å². The molecule has 8 nitrogen and oxygen atoms in total. The van der Waals surface area contributed by atoms with Crippen molar-refractivity contribution in [1.29, 1.82) is 0 Å². The number of nitrogens with zero attached hydrogens (tertiary/aromatic N) is 3. The third kappa shape index (κ3) is 3.89. The number of morpholine rings is 1. The van der Waals surface area contributed by atoms with Gasteiger partial charge in [-0.25, -0.2) is 19.2 Å². The molecular weight excluding hydrogens is 421 g/mol. The molecule has 2 unspecified atom stereocenters. The molecule has 1 saturated heterocycles. The molecule has 0 aliphatic carbocycles. The highest BCUT2D eigenvalue weighted by molar-refractivity contribution is 7.85. The van der Waals surface area contributed by atoms with Gasteiger partial charge in [0, 0.05) is 35.5 Å². The third-order valence-electron chi connectivity index (χ3n) is 5.74. The van der Waals surface area contributed by atoms with Crippen molar-refractivity contribution in [3.63, 3.8) is 0 Å². The van der Waals surface area contributed by atoms with Crippen LogP contribution >= 0.6 is 0 Å². The van der Waals surface area contributed by atoms with Crippen molar-refractivity contribution in [2.24, 2.45) is 0 Å². The molecular formula is C21H26FN5O3S. The molecule has 0 radical (unpaired) electrons. The summed E-state index contributed by atoms with van der Waals surface area (Å²) in [6, 6.07) is 4.05. The van der Waals surface area contributed by atoms with Gasteiger partial charge in [0.05, 0.1) is 41.1 Å². The highest BCUT2D eigenvalue weighted by Crippen LogP contribution is 2.42. The van der Waals surface area contributed by atoms with E-state index in [9.17, 15) is 13.4 Å².